The number of H-pyrrole nitrogens is 1. The minimum absolute atomic E-state index is 0.000259. The lowest BCUT2D eigenvalue weighted by molar-refractivity contribution is 0.102. The van der Waals surface area contributed by atoms with Gasteiger partial charge >= 0.3 is 0 Å². The highest BCUT2D eigenvalue weighted by atomic mass is 32.2. The van der Waals surface area contributed by atoms with Crippen LogP contribution in [0.15, 0.2) is 58.3 Å². The van der Waals surface area contributed by atoms with Gasteiger partial charge in [-0.1, -0.05) is 30.0 Å². The zero-order valence-electron chi connectivity index (χ0n) is 14.0. The molecule has 0 spiro atoms. The van der Waals surface area contributed by atoms with E-state index in [4.69, 9.17) is 13.9 Å². The number of rotatable bonds is 5. The molecule has 1 N–H and O–H groups in total. The summed E-state index contributed by atoms with van der Waals surface area (Å²) in [5.74, 6) is 1.92. The molecular weight excluding hydrogens is 366 g/mol. The van der Waals surface area contributed by atoms with Crippen molar-refractivity contribution in [1.82, 2.24) is 15.2 Å². The number of thioether (sulfide) groups is 1. The van der Waals surface area contributed by atoms with Gasteiger partial charge in [-0.15, -0.1) is 10.2 Å². The lowest BCUT2D eigenvalue weighted by Crippen LogP contribution is -2.01. The van der Waals surface area contributed by atoms with Crippen LogP contribution in [0.3, 0.4) is 0 Å². The molecule has 0 unspecified atom stereocenters. The summed E-state index contributed by atoms with van der Waals surface area (Å²) in [5, 5.41) is 9.32. The number of ether oxygens (including phenoxy) is 2. The van der Waals surface area contributed by atoms with Crippen molar-refractivity contribution in [3.63, 3.8) is 0 Å². The van der Waals surface area contributed by atoms with E-state index in [1.165, 1.54) is 11.8 Å². The molecule has 134 valence electrons. The lowest BCUT2D eigenvalue weighted by Gasteiger charge is -1.98. The number of carbonyl (C=O) groups is 1. The smallest absolute Gasteiger partial charge is 0.277 e. The topological polar surface area (TPSA) is 90.2 Å². The zero-order valence-corrected chi connectivity index (χ0v) is 14.8. The molecule has 0 atom stereocenters. The number of aromatic amines is 1. The molecule has 7 nitrogen and oxygen atoms in total. The van der Waals surface area contributed by atoms with Gasteiger partial charge in [0, 0.05) is 28.2 Å². The highest BCUT2D eigenvalue weighted by Gasteiger charge is 2.18. The summed E-state index contributed by atoms with van der Waals surface area (Å²) in [5.41, 5.74) is 2.34. The van der Waals surface area contributed by atoms with Crippen LogP contribution in [-0.4, -0.2) is 33.5 Å². The fourth-order valence-electron chi connectivity index (χ4n) is 2.92. The van der Waals surface area contributed by atoms with Gasteiger partial charge in [-0.3, -0.25) is 4.79 Å². The molecule has 0 amide bonds. The van der Waals surface area contributed by atoms with Crippen LogP contribution in [0.4, 0.5) is 0 Å². The van der Waals surface area contributed by atoms with Gasteiger partial charge in [-0.2, -0.15) is 0 Å². The Morgan fingerprint density at radius 3 is 2.96 bits per heavy atom. The number of fused-ring (bicyclic) bond motifs is 2. The quantitative estimate of drug-likeness (QED) is 0.415. The fraction of sp³-hybridized carbons (Fsp3) is 0.105. The van der Waals surface area contributed by atoms with E-state index >= 15 is 0 Å². The number of carbonyl (C=O) groups excluding carboxylic acids is 1. The predicted octanol–water partition coefficient (Wildman–Crippen LogP) is 3.92. The first-order valence-corrected chi connectivity index (χ1v) is 9.22. The predicted molar refractivity (Wildman–Crippen MR) is 99.2 cm³/mol. The molecule has 0 saturated heterocycles. The second-order valence-corrected chi connectivity index (χ2v) is 6.83. The number of benzene rings is 2. The molecule has 0 saturated carbocycles. The summed E-state index contributed by atoms with van der Waals surface area (Å²) in [7, 11) is 0. The summed E-state index contributed by atoms with van der Waals surface area (Å²) in [6.07, 6.45) is 1.74. The number of hydrogen-bond acceptors (Lipinski definition) is 7. The van der Waals surface area contributed by atoms with Gasteiger partial charge in [-0.05, 0) is 24.3 Å². The molecule has 3 heterocycles. The summed E-state index contributed by atoms with van der Waals surface area (Å²) >= 11 is 1.22. The third kappa shape index (κ3) is 2.93. The van der Waals surface area contributed by atoms with E-state index in [0.717, 1.165) is 16.5 Å². The molecule has 5 rings (SSSR count). The van der Waals surface area contributed by atoms with Crippen LogP contribution in [-0.2, 0) is 0 Å². The van der Waals surface area contributed by atoms with Crippen molar-refractivity contribution in [2.24, 2.45) is 0 Å². The Morgan fingerprint density at radius 1 is 1.11 bits per heavy atom. The molecule has 0 fully saturated rings. The molecule has 27 heavy (non-hydrogen) atoms. The largest absolute Gasteiger partial charge is 0.454 e. The molecule has 2 aromatic carbocycles. The molecule has 4 aromatic rings. The van der Waals surface area contributed by atoms with E-state index in [9.17, 15) is 4.79 Å². The molecule has 0 radical (unpaired) electrons. The van der Waals surface area contributed by atoms with Gasteiger partial charge in [-0.25, -0.2) is 0 Å². The average Bonchev–Trinajstić information content (AvgIpc) is 3.44. The van der Waals surface area contributed by atoms with Gasteiger partial charge in [0.1, 0.15) is 0 Å². The van der Waals surface area contributed by atoms with Crippen molar-refractivity contribution in [2.45, 2.75) is 5.22 Å². The third-order valence-electron chi connectivity index (χ3n) is 4.24. The van der Waals surface area contributed by atoms with E-state index in [1.807, 2.05) is 30.3 Å². The van der Waals surface area contributed by atoms with Gasteiger partial charge in [0.15, 0.2) is 17.3 Å². The van der Waals surface area contributed by atoms with Gasteiger partial charge in [0.25, 0.3) is 5.22 Å². The monoisotopic (exact) mass is 379 g/mol. The third-order valence-corrected chi connectivity index (χ3v) is 5.06. The van der Waals surface area contributed by atoms with Crippen LogP contribution in [0.2, 0.25) is 0 Å². The Hall–Kier alpha value is -3.26. The Bertz CT molecular complexity index is 1150. The minimum Gasteiger partial charge on any atom is -0.454 e. The number of aromatic nitrogens is 3. The van der Waals surface area contributed by atoms with Crippen LogP contribution in [0.25, 0.3) is 22.4 Å². The van der Waals surface area contributed by atoms with E-state index in [1.54, 1.807) is 18.3 Å². The van der Waals surface area contributed by atoms with Crippen LogP contribution in [0.1, 0.15) is 10.4 Å². The SMILES string of the molecule is O=C(CSc1nnc(-c2ccc3c(c2)OCO3)o1)c1c[nH]c2ccccc12. The second-order valence-electron chi connectivity index (χ2n) is 5.90. The van der Waals surface area contributed by atoms with E-state index in [2.05, 4.69) is 15.2 Å². The number of nitrogens with zero attached hydrogens (tertiary/aromatic N) is 2. The first-order chi connectivity index (χ1) is 13.3. The maximum absolute atomic E-state index is 12.5. The number of ketones is 1. The maximum atomic E-state index is 12.5. The van der Waals surface area contributed by atoms with Crippen LogP contribution in [0, 0.1) is 0 Å². The van der Waals surface area contributed by atoms with Gasteiger partial charge in [0.2, 0.25) is 12.7 Å². The van der Waals surface area contributed by atoms with Crippen LogP contribution < -0.4 is 9.47 Å². The molecular formula is C19H13N3O4S. The summed E-state index contributed by atoms with van der Waals surface area (Å²) in [6, 6.07) is 13.1. The van der Waals surface area contributed by atoms with Crippen LogP contribution >= 0.6 is 11.8 Å². The van der Waals surface area contributed by atoms with Crippen molar-refractivity contribution in [2.75, 3.05) is 12.5 Å². The fourth-order valence-corrected chi connectivity index (χ4v) is 3.57. The van der Waals surface area contributed by atoms with E-state index in [0.29, 0.717) is 28.2 Å². The van der Waals surface area contributed by atoms with E-state index < -0.39 is 0 Å². The first-order valence-electron chi connectivity index (χ1n) is 8.23. The Kier molecular flexibility index (Phi) is 3.83. The van der Waals surface area contributed by atoms with Crippen LogP contribution in [0.5, 0.6) is 11.5 Å². The highest BCUT2D eigenvalue weighted by molar-refractivity contribution is 7.99. The zero-order chi connectivity index (χ0) is 18.2. The average molecular weight is 379 g/mol. The molecule has 0 aliphatic carbocycles. The summed E-state index contributed by atoms with van der Waals surface area (Å²) < 4.78 is 16.3. The van der Waals surface area contributed by atoms with Crippen molar-refractivity contribution in [1.29, 1.82) is 0 Å². The Morgan fingerprint density at radius 2 is 2.00 bits per heavy atom. The van der Waals surface area contributed by atoms with E-state index in [-0.39, 0.29) is 18.3 Å². The second kappa shape index (κ2) is 6.48. The molecule has 1 aliphatic heterocycles. The van der Waals surface area contributed by atoms with Gasteiger partial charge in [0.05, 0.1) is 5.75 Å². The Labute approximate surface area is 157 Å². The highest BCUT2D eigenvalue weighted by Crippen LogP contribution is 2.36. The lowest BCUT2D eigenvalue weighted by atomic mass is 10.1. The number of Topliss-reactive ketones (excluding diaryl/α,β-unsaturated/α-hetero) is 1. The summed E-state index contributed by atoms with van der Waals surface area (Å²) in [6.45, 7) is 0.208. The molecule has 8 heteroatoms. The minimum atomic E-state index is 0.000259. The maximum Gasteiger partial charge on any atom is 0.277 e. The standard InChI is InChI=1S/C19H13N3O4S/c23-15(13-8-20-14-4-2-1-3-12(13)14)9-27-19-22-21-18(26-19)11-5-6-16-17(7-11)25-10-24-16/h1-8,20H,9-10H2. The number of para-hydroxylation sites is 1. The number of hydrogen-bond donors (Lipinski definition) is 1. The molecule has 1 aliphatic rings. The first kappa shape index (κ1) is 16.0. The van der Waals surface area contributed by atoms with Crippen molar-refractivity contribution < 1.29 is 18.7 Å². The summed E-state index contributed by atoms with van der Waals surface area (Å²) in [4.78, 5) is 15.6. The van der Waals surface area contributed by atoms with Gasteiger partial charge < -0.3 is 18.9 Å². The van der Waals surface area contributed by atoms with Crippen molar-refractivity contribution in [3.8, 4) is 23.0 Å². The van der Waals surface area contributed by atoms with Crippen molar-refractivity contribution in [3.05, 3.63) is 54.2 Å². The molecule has 2 aromatic heterocycles. The Balaban J connectivity index is 1.30. The van der Waals surface area contributed by atoms with Crippen molar-refractivity contribution >= 4 is 28.4 Å². The normalized spacial score (nSPS) is 12.6. The number of nitrogens with one attached hydrogen (secondary N) is 1. The molecule has 0 bridgehead atoms.